The minimum absolute atomic E-state index is 0.383. The highest BCUT2D eigenvalue weighted by Crippen LogP contribution is 2.40. The van der Waals surface area contributed by atoms with E-state index in [4.69, 9.17) is 4.74 Å². The Hall–Kier alpha value is -2.90. The molecule has 1 aromatic rings. The second-order valence-electron chi connectivity index (χ2n) is 6.50. The van der Waals surface area contributed by atoms with Gasteiger partial charge in [0.1, 0.15) is 6.10 Å². The molecule has 12 heteroatoms. The van der Waals surface area contributed by atoms with Crippen molar-refractivity contribution in [1.29, 1.82) is 0 Å². The fraction of sp³-hybridized carbons (Fsp3) is 0.474. The summed E-state index contributed by atoms with van der Waals surface area (Å²) in [5, 5.41) is 43.1. The number of hydrogen-bond donors (Lipinski definition) is 4. The quantitative estimate of drug-likeness (QED) is 0.156. The largest absolute Gasteiger partial charge is 0.420 e. The summed E-state index contributed by atoms with van der Waals surface area (Å²) in [5.74, 6) is -17.8. The van der Waals surface area contributed by atoms with Gasteiger partial charge in [0.15, 0.2) is 0 Å². The Kier molecular flexibility index (Phi) is 8.38. The van der Waals surface area contributed by atoms with Crippen molar-refractivity contribution >= 4 is 23.9 Å². The average molecular weight is 444 g/mol. The molecule has 0 heterocycles. The normalized spacial score (nSPS) is 17.8. The van der Waals surface area contributed by atoms with Crippen molar-refractivity contribution in [1.82, 2.24) is 0 Å². The van der Waals surface area contributed by atoms with E-state index in [0.717, 1.165) is 13.8 Å². The zero-order valence-corrected chi connectivity index (χ0v) is 17.2. The predicted molar refractivity (Wildman–Crippen MR) is 98.1 cm³/mol. The second-order valence-corrected chi connectivity index (χ2v) is 6.50. The third-order valence-corrected chi connectivity index (χ3v) is 3.91. The molecule has 0 aliphatic carbocycles. The Bertz CT molecular complexity index is 822. The molecule has 0 unspecified atom stereocenters. The van der Waals surface area contributed by atoms with Gasteiger partial charge in [0.25, 0.3) is 5.79 Å². The van der Waals surface area contributed by atoms with Crippen LogP contribution in [0.1, 0.15) is 33.3 Å². The van der Waals surface area contributed by atoms with Gasteiger partial charge in [-0.3, -0.25) is 14.4 Å². The number of aliphatic hydroxyl groups is 4. The molecule has 0 bridgehead atoms. The third kappa shape index (κ3) is 5.62. The van der Waals surface area contributed by atoms with Gasteiger partial charge in [-0.15, -0.1) is 0 Å². The number of hydrogen-bond acceptors (Lipinski definition) is 12. The topological polar surface area (TPSA) is 186 Å². The first-order valence-corrected chi connectivity index (χ1v) is 8.84. The summed E-state index contributed by atoms with van der Waals surface area (Å²) in [6.45, 7) is 2.43. The van der Waals surface area contributed by atoms with Gasteiger partial charge in [-0.05, 0) is 12.5 Å². The van der Waals surface area contributed by atoms with Crippen LogP contribution in [0, 0.1) is 0 Å². The molecule has 0 aliphatic rings. The summed E-state index contributed by atoms with van der Waals surface area (Å²) in [6.07, 6.45) is -2.19. The molecule has 4 N–H and O–H groups in total. The van der Waals surface area contributed by atoms with Crippen molar-refractivity contribution in [2.75, 3.05) is 0 Å². The zero-order valence-electron chi connectivity index (χ0n) is 17.2. The lowest BCUT2D eigenvalue weighted by atomic mass is 9.91. The van der Waals surface area contributed by atoms with Crippen LogP contribution in [0.25, 0.3) is 0 Å². The summed E-state index contributed by atoms with van der Waals surface area (Å²) in [4.78, 5) is 46.8. The molecule has 1 rings (SSSR count). The van der Waals surface area contributed by atoms with Crippen LogP contribution in [0.2, 0.25) is 0 Å². The number of esters is 4. The maximum atomic E-state index is 12.4. The molecular weight excluding hydrogens is 420 g/mol. The van der Waals surface area contributed by atoms with Gasteiger partial charge < -0.3 is 39.4 Å². The molecule has 4 atom stereocenters. The van der Waals surface area contributed by atoms with Crippen LogP contribution >= 0.6 is 0 Å². The number of rotatable bonds is 9. The lowest BCUT2D eigenvalue weighted by Crippen LogP contribution is -2.77. The number of carbonyl (C=O) groups excluding carboxylic acids is 4. The fourth-order valence-electron chi connectivity index (χ4n) is 2.52. The lowest BCUT2D eigenvalue weighted by molar-refractivity contribution is -0.462. The Morgan fingerprint density at radius 3 is 1.84 bits per heavy atom. The van der Waals surface area contributed by atoms with E-state index in [2.05, 4.69) is 14.2 Å². The van der Waals surface area contributed by atoms with E-state index in [-0.39, 0.29) is 0 Å². The number of carbonyl (C=O) groups is 4. The molecule has 0 radical (unpaired) electrons. The minimum Gasteiger partial charge on any atom is -0.420 e. The molecule has 0 saturated carbocycles. The van der Waals surface area contributed by atoms with Gasteiger partial charge >= 0.3 is 35.5 Å². The highest BCUT2D eigenvalue weighted by molar-refractivity contribution is 5.91. The maximum absolute atomic E-state index is 12.4. The van der Waals surface area contributed by atoms with E-state index in [0.29, 0.717) is 19.4 Å². The van der Waals surface area contributed by atoms with Gasteiger partial charge in [-0.25, -0.2) is 4.79 Å². The van der Waals surface area contributed by atoms with Gasteiger partial charge in [0, 0.05) is 20.8 Å². The Labute approximate surface area is 176 Å². The second kappa shape index (κ2) is 9.94. The lowest BCUT2D eigenvalue weighted by Gasteiger charge is -2.47. The molecule has 0 spiro atoms. The fourth-order valence-corrected chi connectivity index (χ4v) is 2.52. The van der Waals surface area contributed by atoms with Crippen LogP contribution in [0.15, 0.2) is 30.3 Å². The Morgan fingerprint density at radius 2 is 1.42 bits per heavy atom. The number of aliphatic hydroxyl groups excluding tert-OH is 1. The van der Waals surface area contributed by atoms with E-state index in [1.165, 1.54) is 12.1 Å². The van der Waals surface area contributed by atoms with E-state index in [9.17, 15) is 39.6 Å². The summed E-state index contributed by atoms with van der Waals surface area (Å²) in [5.41, 5.74) is 0.383. The van der Waals surface area contributed by atoms with Gasteiger partial charge in [-0.1, -0.05) is 30.3 Å². The third-order valence-electron chi connectivity index (χ3n) is 3.91. The standard InChI is InChI=1S/C19H24O12/c1-11(20)17(25,28-10-15-8-6-5-7-9-15)19(27,31-14(4)23)18(26,30-13(3)22)16(24)29-12(2)21/h5-9,11,20,25-27H,10H2,1-4H3/t11-,17-,18-,19-/m1/s1. The zero-order chi connectivity index (χ0) is 24.0. The first kappa shape index (κ1) is 26.1. The minimum atomic E-state index is -4.04. The summed E-state index contributed by atoms with van der Waals surface area (Å²) < 4.78 is 18.3. The van der Waals surface area contributed by atoms with Crippen molar-refractivity contribution in [3.05, 3.63) is 35.9 Å². The smallest absolute Gasteiger partial charge is 0.395 e. The molecule has 0 aliphatic heterocycles. The molecule has 12 nitrogen and oxygen atoms in total. The van der Waals surface area contributed by atoms with Gasteiger partial charge in [0.05, 0.1) is 6.61 Å². The van der Waals surface area contributed by atoms with Crippen LogP contribution in [-0.4, -0.2) is 67.8 Å². The molecule has 0 fully saturated rings. The first-order chi connectivity index (χ1) is 14.2. The molecule has 172 valence electrons. The van der Waals surface area contributed by atoms with Crippen molar-refractivity contribution in [2.24, 2.45) is 0 Å². The summed E-state index contributed by atoms with van der Waals surface area (Å²) >= 11 is 0. The van der Waals surface area contributed by atoms with Crippen LogP contribution < -0.4 is 0 Å². The average Bonchev–Trinajstić information content (AvgIpc) is 2.64. The van der Waals surface area contributed by atoms with Crippen molar-refractivity contribution in [3.8, 4) is 0 Å². The monoisotopic (exact) mass is 444 g/mol. The molecule has 0 saturated heterocycles. The summed E-state index contributed by atoms with van der Waals surface area (Å²) in [6, 6.07) is 7.90. The van der Waals surface area contributed by atoms with Crippen molar-refractivity contribution in [2.45, 2.75) is 57.8 Å². The van der Waals surface area contributed by atoms with Crippen molar-refractivity contribution in [3.63, 3.8) is 0 Å². The van der Waals surface area contributed by atoms with Gasteiger partial charge in [0.2, 0.25) is 0 Å². The highest BCUT2D eigenvalue weighted by Gasteiger charge is 2.76. The van der Waals surface area contributed by atoms with E-state index in [1.807, 2.05) is 0 Å². The Morgan fingerprint density at radius 1 is 0.903 bits per heavy atom. The summed E-state index contributed by atoms with van der Waals surface area (Å²) in [7, 11) is 0. The molecule has 1 aromatic carbocycles. The van der Waals surface area contributed by atoms with Crippen LogP contribution in [0.4, 0.5) is 0 Å². The van der Waals surface area contributed by atoms with E-state index >= 15 is 0 Å². The maximum Gasteiger partial charge on any atom is 0.395 e. The van der Waals surface area contributed by atoms with Gasteiger partial charge in [-0.2, -0.15) is 0 Å². The Balaban J connectivity index is 3.65. The molecule has 31 heavy (non-hydrogen) atoms. The van der Waals surface area contributed by atoms with E-state index < -0.39 is 53.9 Å². The molecular formula is C19H24O12. The van der Waals surface area contributed by atoms with Crippen molar-refractivity contribution < 1.29 is 58.6 Å². The predicted octanol–water partition coefficient (Wildman–Crippen LogP) is -1.13. The SMILES string of the molecule is CC(=O)OC(=O)[C@@](O)(OC(C)=O)[C@](O)(OC(C)=O)[C@](O)(OCc1ccccc1)[C@@H](C)O. The first-order valence-electron chi connectivity index (χ1n) is 8.84. The molecule has 0 amide bonds. The van der Waals surface area contributed by atoms with Crippen LogP contribution in [0.3, 0.4) is 0 Å². The van der Waals surface area contributed by atoms with E-state index in [1.54, 1.807) is 18.2 Å². The number of ether oxygens (including phenoxy) is 4. The van der Waals surface area contributed by atoms with Crippen LogP contribution in [0.5, 0.6) is 0 Å². The molecule has 0 aromatic heterocycles. The highest BCUT2D eigenvalue weighted by atomic mass is 16.8. The number of benzene rings is 1. The van der Waals surface area contributed by atoms with Crippen LogP contribution in [-0.2, 0) is 44.7 Å².